The van der Waals surface area contributed by atoms with Crippen LogP contribution in [0.25, 0.3) is 10.8 Å². The van der Waals surface area contributed by atoms with Crippen LogP contribution in [0.5, 0.6) is 11.5 Å². The summed E-state index contributed by atoms with van der Waals surface area (Å²) in [5.41, 5.74) is 0. The van der Waals surface area contributed by atoms with E-state index in [1.807, 2.05) is 36.4 Å². The molecule has 0 bridgehead atoms. The minimum Gasteiger partial charge on any atom is -0.491 e. The molecule has 0 N–H and O–H groups in total. The van der Waals surface area contributed by atoms with Crippen LogP contribution in [-0.2, 0) is 23.7 Å². The molecule has 0 amide bonds. The molecule has 0 aromatic heterocycles. The smallest absolute Gasteiger partial charge is 0.330 e. The van der Waals surface area contributed by atoms with Crippen LogP contribution in [0.1, 0.15) is 0 Å². The van der Waals surface area contributed by atoms with Crippen molar-refractivity contribution in [1.29, 1.82) is 0 Å². The van der Waals surface area contributed by atoms with Gasteiger partial charge in [0.05, 0.1) is 33.0 Å². The number of fused-ring (bicyclic) bond motifs is 1. The zero-order valence-corrected chi connectivity index (χ0v) is 16.8. The largest absolute Gasteiger partial charge is 0.491 e. The Hall–Kier alpha value is -2.61. The molecule has 0 aliphatic heterocycles. The maximum absolute atomic E-state index is 10.8. The molecule has 0 atom stereocenters. The molecule has 7 nitrogen and oxygen atoms in total. The summed E-state index contributed by atoms with van der Waals surface area (Å²) < 4.78 is 32.3. The number of carbonyl (C=O) groups is 1. The van der Waals surface area contributed by atoms with Gasteiger partial charge in [0.2, 0.25) is 0 Å². The third kappa shape index (κ3) is 8.11. The van der Waals surface area contributed by atoms with Crippen molar-refractivity contribution >= 4 is 16.7 Å². The molecule has 0 radical (unpaired) electrons. The third-order valence-corrected chi connectivity index (χ3v) is 3.88. The Bertz CT molecular complexity index is 760. The lowest BCUT2D eigenvalue weighted by atomic mass is 10.1. The van der Waals surface area contributed by atoms with Crippen LogP contribution in [0.4, 0.5) is 0 Å². The Morgan fingerprint density at radius 2 is 1.31 bits per heavy atom. The summed E-state index contributed by atoms with van der Waals surface area (Å²) in [4.78, 5) is 10.8. The molecule has 2 aromatic carbocycles. The maximum atomic E-state index is 10.8. The first-order valence-corrected chi connectivity index (χ1v) is 9.47. The van der Waals surface area contributed by atoms with Gasteiger partial charge in [-0.3, -0.25) is 0 Å². The van der Waals surface area contributed by atoms with Gasteiger partial charge in [-0.05, 0) is 12.1 Å². The monoisotopic (exact) mass is 404 g/mol. The molecule has 7 heteroatoms. The van der Waals surface area contributed by atoms with Crippen LogP contribution < -0.4 is 9.47 Å². The fourth-order valence-corrected chi connectivity index (χ4v) is 2.53. The number of esters is 1. The van der Waals surface area contributed by atoms with Crippen molar-refractivity contribution < 1.29 is 33.2 Å². The van der Waals surface area contributed by atoms with Crippen LogP contribution in [0.3, 0.4) is 0 Å². The van der Waals surface area contributed by atoms with Gasteiger partial charge in [0.25, 0.3) is 0 Å². The van der Waals surface area contributed by atoms with E-state index in [1.165, 1.54) is 0 Å². The molecule has 0 fully saturated rings. The van der Waals surface area contributed by atoms with Crippen molar-refractivity contribution in [2.45, 2.75) is 0 Å². The van der Waals surface area contributed by atoms with E-state index < -0.39 is 5.97 Å². The summed E-state index contributed by atoms with van der Waals surface area (Å²) in [5.74, 6) is 1.13. The van der Waals surface area contributed by atoms with Crippen molar-refractivity contribution in [2.75, 3.05) is 60.0 Å². The minimum absolute atomic E-state index is 0.201. The van der Waals surface area contributed by atoms with Crippen LogP contribution in [0.2, 0.25) is 0 Å². The van der Waals surface area contributed by atoms with Gasteiger partial charge in [-0.15, -0.1) is 0 Å². The second-order valence-corrected chi connectivity index (χ2v) is 5.89. The molecule has 0 unspecified atom stereocenters. The van der Waals surface area contributed by atoms with Crippen molar-refractivity contribution in [3.63, 3.8) is 0 Å². The lowest BCUT2D eigenvalue weighted by Crippen LogP contribution is -2.13. The average molecular weight is 404 g/mol. The molecule has 2 rings (SSSR count). The highest BCUT2D eigenvalue weighted by atomic mass is 16.6. The number of ether oxygens (including phenoxy) is 6. The third-order valence-electron chi connectivity index (χ3n) is 3.88. The Kier molecular flexibility index (Phi) is 10.6. The zero-order chi connectivity index (χ0) is 20.7. The van der Waals surface area contributed by atoms with E-state index in [1.54, 1.807) is 7.11 Å². The molecule has 29 heavy (non-hydrogen) atoms. The standard InChI is InChI=1S/C22H28O7/c1-3-22(23)29-17-14-26-12-11-25-13-16-28-21-9-5-6-18-19(21)7-4-8-20(18)27-15-10-24-2/h3-9H,1,10-17H2,2H3. The van der Waals surface area contributed by atoms with E-state index in [-0.39, 0.29) is 6.61 Å². The number of hydrogen-bond acceptors (Lipinski definition) is 7. The normalized spacial score (nSPS) is 10.7. The molecule has 0 heterocycles. The number of benzene rings is 2. The van der Waals surface area contributed by atoms with Crippen molar-refractivity contribution in [2.24, 2.45) is 0 Å². The molecular formula is C22H28O7. The lowest BCUT2D eigenvalue weighted by molar-refractivity contribution is -0.139. The summed E-state index contributed by atoms with van der Waals surface area (Å²) in [6.45, 7) is 6.59. The molecule has 0 saturated heterocycles. The Morgan fingerprint density at radius 1 is 0.793 bits per heavy atom. The van der Waals surface area contributed by atoms with E-state index >= 15 is 0 Å². The second-order valence-electron chi connectivity index (χ2n) is 5.89. The van der Waals surface area contributed by atoms with Crippen molar-refractivity contribution in [3.8, 4) is 11.5 Å². The minimum atomic E-state index is -0.455. The number of carbonyl (C=O) groups excluding carboxylic acids is 1. The Balaban J connectivity index is 1.68. The second kappa shape index (κ2) is 13.5. The first kappa shape index (κ1) is 22.7. The van der Waals surface area contributed by atoms with Gasteiger partial charge in [-0.1, -0.05) is 30.8 Å². The van der Waals surface area contributed by atoms with E-state index in [0.29, 0.717) is 46.2 Å². The summed E-state index contributed by atoms with van der Waals surface area (Å²) >= 11 is 0. The van der Waals surface area contributed by atoms with Gasteiger partial charge in [0.1, 0.15) is 31.3 Å². The molecule has 0 spiro atoms. The lowest BCUT2D eigenvalue weighted by Gasteiger charge is -2.13. The van der Waals surface area contributed by atoms with Gasteiger partial charge in [0.15, 0.2) is 0 Å². The first-order chi connectivity index (χ1) is 14.3. The molecule has 0 saturated carbocycles. The Morgan fingerprint density at radius 3 is 1.86 bits per heavy atom. The highest BCUT2D eigenvalue weighted by molar-refractivity contribution is 5.93. The van der Waals surface area contributed by atoms with E-state index in [4.69, 9.17) is 28.4 Å². The van der Waals surface area contributed by atoms with Crippen molar-refractivity contribution in [3.05, 3.63) is 49.1 Å². The van der Waals surface area contributed by atoms with Crippen LogP contribution in [-0.4, -0.2) is 65.9 Å². The van der Waals surface area contributed by atoms with Crippen LogP contribution in [0, 0.1) is 0 Å². The quantitative estimate of drug-likeness (QED) is 0.257. The molecule has 158 valence electrons. The molecule has 2 aromatic rings. The number of methoxy groups -OCH3 is 1. The highest BCUT2D eigenvalue weighted by Crippen LogP contribution is 2.32. The van der Waals surface area contributed by atoms with Crippen molar-refractivity contribution in [1.82, 2.24) is 0 Å². The van der Waals surface area contributed by atoms with Gasteiger partial charge in [-0.25, -0.2) is 4.79 Å². The van der Waals surface area contributed by atoms with Gasteiger partial charge < -0.3 is 28.4 Å². The molecular weight excluding hydrogens is 376 g/mol. The summed E-state index contributed by atoms with van der Waals surface area (Å²) in [6, 6.07) is 11.7. The SMILES string of the molecule is C=CC(=O)OCCOCCOCCOc1cccc2c(OCCOC)cccc12. The fourth-order valence-electron chi connectivity index (χ4n) is 2.53. The Labute approximate surface area is 171 Å². The fraction of sp³-hybridized carbons (Fsp3) is 0.409. The number of rotatable bonds is 15. The van der Waals surface area contributed by atoms with E-state index in [0.717, 1.165) is 28.3 Å². The van der Waals surface area contributed by atoms with E-state index in [9.17, 15) is 4.79 Å². The summed E-state index contributed by atoms with van der Waals surface area (Å²) in [6.07, 6.45) is 1.12. The van der Waals surface area contributed by atoms with Gasteiger partial charge in [-0.2, -0.15) is 0 Å². The van der Waals surface area contributed by atoms with Crippen LogP contribution in [0.15, 0.2) is 49.1 Å². The topological polar surface area (TPSA) is 72.5 Å². The van der Waals surface area contributed by atoms with Gasteiger partial charge >= 0.3 is 5.97 Å². The maximum Gasteiger partial charge on any atom is 0.330 e. The average Bonchev–Trinajstić information content (AvgIpc) is 2.75. The van der Waals surface area contributed by atoms with E-state index in [2.05, 4.69) is 6.58 Å². The number of hydrogen-bond donors (Lipinski definition) is 0. The first-order valence-electron chi connectivity index (χ1n) is 9.47. The zero-order valence-electron chi connectivity index (χ0n) is 16.8. The predicted molar refractivity (Wildman–Crippen MR) is 110 cm³/mol. The predicted octanol–water partition coefficient (Wildman–Crippen LogP) is 3.01. The summed E-state index contributed by atoms with van der Waals surface area (Å²) in [7, 11) is 1.65. The summed E-state index contributed by atoms with van der Waals surface area (Å²) in [5, 5.41) is 1.98. The molecule has 0 aliphatic rings. The van der Waals surface area contributed by atoms with Crippen LogP contribution >= 0.6 is 0 Å². The molecule has 0 aliphatic carbocycles. The van der Waals surface area contributed by atoms with Gasteiger partial charge in [0, 0.05) is 24.0 Å². The highest BCUT2D eigenvalue weighted by Gasteiger charge is 2.07.